The second-order valence-electron chi connectivity index (χ2n) is 19.7. The Morgan fingerprint density at radius 2 is 0.928 bits per heavy atom. The number of allylic oxidation sites excluding steroid dienone is 13. The van der Waals surface area contributed by atoms with Crippen LogP contribution in [0.5, 0.6) is 0 Å². The van der Waals surface area contributed by atoms with Crippen LogP contribution in [0.25, 0.3) is 0 Å². The largest absolute Gasteiger partial charge is 0.756 e. The Bertz CT molecular complexity index is 1460. The number of unbranched alkanes of at least 4 members (excludes halogenated alkanes) is 21. The second kappa shape index (κ2) is 48.8. The average Bonchev–Trinajstić information content (AvgIpc) is 3.31. The van der Waals surface area contributed by atoms with Crippen LogP contribution in [0.15, 0.2) is 85.1 Å². The minimum atomic E-state index is -4.71. The summed E-state index contributed by atoms with van der Waals surface area (Å²) in [6.45, 7) is 6.64. The molecule has 398 valence electrons. The Labute approximate surface area is 425 Å². The standard InChI is InChI=1S/C59H105N2O7P/c1-7-10-13-16-19-22-25-28-30-31-32-34-37-40-43-46-49-52-59(63)68-57(50-47-44-41-38-35-27-24-21-18-15-12-9-3)56(55-67-69(64,65)66-54-53-61(4,5)6)60-58(62)51-48-45-42-39-36-33-29-26-23-20-17-14-11-8-2/h11,14,19-20,22-23,28-30,32-34,47,50,56-57H,7-10,12-13,15-18,21,24-27,31,35-46,48-49,51-55H2,1-6H3,(H-,60,62,64,65)/b14-11+,22-19-,23-20+,30-28-,33-29+,34-32-,50-47+. The molecule has 0 aliphatic rings. The number of phosphoric acid groups is 1. The van der Waals surface area contributed by atoms with Gasteiger partial charge >= 0.3 is 5.97 Å². The number of carbonyl (C=O) groups is 2. The number of hydrogen-bond donors (Lipinski definition) is 1. The molecule has 0 radical (unpaired) electrons. The Hall–Kier alpha value is -2.81. The molecule has 0 rings (SSSR count). The van der Waals surface area contributed by atoms with Crippen LogP contribution in [0.4, 0.5) is 0 Å². The topological polar surface area (TPSA) is 114 Å². The van der Waals surface area contributed by atoms with Crippen LogP contribution in [0.1, 0.15) is 226 Å². The fourth-order valence-electron chi connectivity index (χ4n) is 7.48. The number of quaternary nitrogens is 1. The number of hydrogen-bond acceptors (Lipinski definition) is 7. The molecule has 0 fully saturated rings. The lowest BCUT2D eigenvalue weighted by atomic mass is 10.0. The molecular weight excluding hydrogens is 880 g/mol. The van der Waals surface area contributed by atoms with Gasteiger partial charge in [0.2, 0.25) is 5.91 Å². The summed E-state index contributed by atoms with van der Waals surface area (Å²) in [7, 11) is 1.14. The molecule has 0 spiro atoms. The van der Waals surface area contributed by atoms with E-state index in [0.717, 1.165) is 103 Å². The highest BCUT2D eigenvalue weighted by molar-refractivity contribution is 7.45. The minimum Gasteiger partial charge on any atom is -0.756 e. The van der Waals surface area contributed by atoms with E-state index in [9.17, 15) is 19.0 Å². The zero-order valence-corrected chi connectivity index (χ0v) is 46.1. The summed E-state index contributed by atoms with van der Waals surface area (Å²) in [4.78, 5) is 39.8. The number of nitrogens with zero attached hydrogens (tertiary/aromatic N) is 1. The molecule has 69 heavy (non-hydrogen) atoms. The van der Waals surface area contributed by atoms with Crippen molar-refractivity contribution in [1.82, 2.24) is 5.32 Å². The quantitative estimate of drug-likeness (QED) is 0.0212. The first-order chi connectivity index (χ1) is 33.4. The molecule has 0 heterocycles. The molecule has 10 heteroatoms. The Kier molecular flexibility index (Phi) is 46.8. The summed E-state index contributed by atoms with van der Waals surface area (Å²) < 4.78 is 30.2. The van der Waals surface area contributed by atoms with E-state index in [2.05, 4.69) is 99.0 Å². The van der Waals surface area contributed by atoms with Gasteiger partial charge in [0.25, 0.3) is 7.82 Å². The molecule has 1 amide bonds. The third kappa shape index (κ3) is 49.9. The SMILES string of the molecule is CC/C=C/C/C=C/C/C=C/CCCCCCC(=O)NC(COP(=O)([O-])OCC[N+](C)(C)C)C(/C=C/CCCCCCCCCCCC)OC(=O)CCCCCC/C=C\C/C=C\C/C=C\CCCCC. The smallest absolute Gasteiger partial charge is 0.306 e. The van der Waals surface area contributed by atoms with Crippen molar-refractivity contribution in [2.75, 3.05) is 40.9 Å². The van der Waals surface area contributed by atoms with E-state index >= 15 is 0 Å². The monoisotopic (exact) mass is 985 g/mol. The molecule has 0 aromatic rings. The first-order valence-corrected chi connectivity index (χ1v) is 29.4. The molecule has 0 bridgehead atoms. The summed E-state index contributed by atoms with van der Waals surface area (Å²) in [5, 5.41) is 2.99. The van der Waals surface area contributed by atoms with Gasteiger partial charge in [-0.3, -0.25) is 14.2 Å². The van der Waals surface area contributed by atoms with Gasteiger partial charge in [-0.15, -0.1) is 0 Å². The average molecular weight is 985 g/mol. The van der Waals surface area contributed by atoms with Crippen LogP contribution >= 0.6 is 7.82 Å². The summed E-state index contributed by atoms with van der Waals surface area (Å²) in [5.41, 5.74) is 0. The molecule has 0 saturated carbocycles. The van der Waals surface area contributed by atoms with E-state index in [4.69, 9.17) is 13.8 Å². The van der Waals surface area contributed by atoms with E-state index in [0.29, 0.717) is 23.9 Å². The van der Waals surface area contributed by atoms with Gasteiger partial charge in [-0.05, 0) is 102 Å². The van der Waals surface area contributed by atoms with Crippen LogP contribution in [-0.2, 0) is 27.9 Å². The molecule has 9 nitrogen and oxygen atoms in total. The first kappa shape index (κ1) is 66.2. The maximum Gasteiger partial charge on any atom is 0.306 e. The summed E-state index contributed by atoms with van der Waals surface area (Å²) in [6, 6.07) is -0.912. The highest BCUT2D eigenvalue weighted by Crippen LogP contribution is 2.38. The molecular formula is C59H105N2O7P. The zero-order chi connectivity index (χ0) is 50.8. The first-order valence-electron chi connectivity index (χ1n) is 27.9. The predicted octanol–water partition coefficient (Wildman–Crippen LogP) is 16.0. The number of amides is 1. The van der Waals surface area contributed by atoms with E-state index in [1.54, 1.807) is 0 Å². The van der Waals surface area contributed by atoms with Crippen molar-refractivity contribution in [2.24, 2.45) is 0 Å². The third-order valence-electron chi connectivity index (χ3n) is 11.8. The number of esters is 1. The van der Waals surface area contributed by atoms with E-state index in [-0.39, 0.29) is 31.3 Å². The van der Waals surface area contributed by atoms with Crippen LogP contribution in [0.2, 0.25) is 0 Å². The number of carbonyl (C=O) groups excluding carboxylic acids is 2. The van der Waals surface area contributed by atoms with Gasteiger partial charge in [-0.25, -0.2) is 0 Å². The Balaban J connectivity index is 5.46. The lowest BCUT2D eigenvalue weighted by Crippen LogP contribution is -2.47. The summed E-state index contributed by atoms with van der Waals surface area (Å²) in [6.07, 6.45) is 62.6. The Morgan fingerprint density at radius 3 is 1.42 bits per heavy atom. The van der Waals surface area contributed by atoms with Crippen molar-refractivity contribution >= 4 is 19.7 Å². The number of nitrogens with one attached hydrogen (secondary N) is 1. The number of phosphoric ester groups is 1. The van der Waals surface area contributed by atoms with Crippen LogP contribution < -0.4 is 10.2 Å². The van der Waals surface area contributed by atoms with Crippen LogP contribution in [0.3, 0.4) is 0 Å². The van der Waals surface area contributed by atoms with Gasteiger partial charge in [0.05, 0.1) is 33.8 Å². The fraction of sp³-hybridized carbons (Fsp3) is 0.729. The molecule has 0 aromatic heterocycles. The molecule has 0 aliphatic heterocycles. The lowest BCUT2D eigenvalue weighted by molar-refractivity contribution is -0.870. The normalized spacial score (nSPS) is 14.5. The lowest BCUT2D eigenvalue weighted by Gasteiger charge is -2.30. The second-order valence-corrected chi connectivity index (χ2v) is 21.1. The van der Waals surface area contributed by atoms with Crippen molar-refractivity contribution in [3.8, 4) is 0 Å². The highest BCUT2D eigenvalue weighted by atomic mass is 31.2. The molecule has 3 atom stereocenters. The Morgan fingerprint density at radius 1 is 0.522 bits per heavy atom. The fourth-order valence-corrected chi connectivity index (χ4v) is 8.20. The summed E-state index contributed by atoms with van der Waals surface area (Å²) in [5.74, 6) is -0.598. The zero-order valence-electron chi connectivity index (χ0n) is 45.2. The van der Waals surface area contributed by atoms with Gasteiger partial charge in [0.1, 0.15) is 19.3 Å². The molecule has 0 saturated heterocycles. The van der Waals surface area contributed by atoms with Crippen molar-refractivity contribution in [3.05, 3.63) is 85.1 Å². The summed E-state index contributed by atoms with van der Waals surface area (Å²) >= 11 is 0. The van der Waals surface area contributed by atoms with E-state index in [1.807, 2.05) is 33.3 Å². The van der Waals surface area contributed by atoms with Crippen LogP contribution in [-0.4, -0.2) is 69.4 Å². The van der Waals surface area contributed by atoms with Gasteiger partial charge in [-0.2, -0.15) is 0 Å². The maximum atomic E-state index is 13.4. The number of rotatable bonds is 49. The van der Waals surface area contributed by atoms with Crippen molar-refractivity contribution in [1.29, 1.82) is 0 Å². The number of ether oxygens (including phenoxy) is 1. The molecule has 3 unspecified atom stereocenters. The molecule has 1 N–H and O–H groups in total. The van der Waals surface area contributed by atoms with Crippen molar-refractivity contribution in [2.45, 2.75) is 238 Å². The van der Waals surface area contributed by atoms with Gasteiger partial charge in [0, 0.05) is 12.8 Å². The maximum absolute atomic E-state index is 13.4. The van der Waals surface area contributed by atoms with Gasteiger partial charge < -0.3 is 28.5 Å². The van der Waals surface area contributed by atoms with Crippen molar-refractivity contribution < 1.29 is 37.3 Å². The van der Waals surface area contributed by atoms with E-state index in [1.165, 1.54) is 77.0 Å². The van der Waals surface area contributed by atoms with Crippen LogP contribution in [0, 0.1) is 0 Å². The van der Waals surface area contributed by atoms with Gasteiger partial charge in [0.15, 0.2) is 0 Å². The van der Waals surface area contributed by atoms with Gasteiger partial charge in [-0.1, -0.05) is 196 Å². The minimum absolute atomic E-state index is 0.0345. The predicted molar refractivity (Wildman–Crippen MR) is 293 cm³/mol. The van der Waals surface area contributed by atoms with E-state index < -0.39 is 26.6 Å². The number of likely N-dealkylation sites (N-methyl/N-ethyl adjacent to an activating group) is 1. The molecule has 0 aromatic carbocycles. The van der Waals surface area contributed by atoms with Crippen molar-refractivity contribution in [3.63, 3.8) is 0 Å². The molecule has 0 aliphatic carbocycles. The third-order valence-corrected chi connectivity index (χ3v) is 12.8. The highest BCUT2D eigenvalue weighted by Gasteiger charge is 2.27.